The predicted molar refractivity (Wildman–Crippen MR) is 94.6 cm³/mol. The van der Waals surface area contributed by atoms with E-state index in [9.17, 15) is 0 Å². The molecule has 1 aromatic carbocycles. The number of nitrogens with two attached hydrogens (primary N) is 1. The van der Waals surface area contributed by atoms with Crippen LogP contribution in [0.5, 0.6) is 0 Å². The average Bonchev–Trinajstić information content (AvgIpc) is 2.93. The van der Waals surface area contributed by atoms with E-state index in [-0.39, 0.29) is 0 Å². The Hall–Kier alpha value is -1.55. The zero-order valence-corrected chi connectivity index (χ0v) is 14.0. The van der Waals surface area contributed by atoms with E-state index in [4.69, 9.17) is 5.73 Å². The Morgan fingerprint density at radius 2 is 2.26 bits per heavy atom. The van der Waals surface area contributed by atoms with Gasteiger partial charge in [-0.1, -0.05) is 31.2 Å². The third-order valence-corrected chi connectivity index (χ3v) is 6.10. The molecule has 2 aliphatic carbocycles. The van der Waals surface area contributed by atoms with Crippen LogP contribution in [0.1, 0.15) is 36.8 Å². The third-order valence-electron chi connectivity index (χ3n) is 6.10. The lowest BCUT2D eigenvalue weighted by molar-refractivity contribution is 0.267. The molecule has 23 heavy (non-hydrogen) atoms. The standard InChI is InChI=1S/C19H28N4/c1-2-23-9-5-7-14(23)11-21-19(20)22-12-17-16-10-13-6-3-4-8-15(13)18(16)17/h3-4,6,8,14,16-18H,2,5,7,9-12H2,1H3,(H3,20,21,22). The molecule has 3 aliphatic rings. The normalized spacial score (nSPS) is 32.7. The van der Waals surface area contributed by atoms with Gasteiger partial charge in [-0.3, -0.25) is 9.89 Å². The number of guanidine groups is 1. The Bertz CT molecular complexity index is 597. The van der Waals surface area contributed by atoms with Gasteiger partial charge in [0.1, 0.15) is 0 Å². The quantitative estimate of drug-likeness (QED) is 0.645. The summed E-state index contributed by atoms with van der Waals surface area (Å²) in [6.07, 6.45) is 3.82. The fourth-order valence-corrected chi connectivity index (χ4v) is 4.76. The molecule has 1 saturated heterocycles. The van der Waals surface area contributed by atoms with Gasteiger partial charge in [-0.15, -0.1) is 0 Å². The summed E-state index contributed by atoms with van der Waals surface area (Å²) in [6.45, 7) is 6.41. The molecule has 1 aliphatic heterocycles. The first kappa shape index (κ1) is 15.0. The van der Waals surface area contributed by atoms with Crippen molar-refractivity contribution in [3.8, 4) is 0 Å². The van der Waals surface area contributed by atoms with Crippen LogP contribution in [0.25, 0.3) is 0 Å². The number of likely N-dealkylation sites (N-methyl/N-ethyl adjacent to an activating group) is 1. The van der Waals surface area contributed by atoms with Crippen molar-refractivity contribution in [1.82, 2.24) is 10.2 Å². The van der Waals surface area contributed by atoms with Gasteiger partial charge in [-0.2, -0.15) is 0 Å². The topological polar surface area (TPSA) is 53.6 Å². The minimum absolute atomic E-state index is 0.626. The second kappa shape index (κ2) is 6.16. The first-order chi connectivity index (χ1) is 11.3. The van der Waals surface area contributed by atoms with E-state index in [0.717, 1.165) is 31.5 Å². The van der Waals surface area contributed by atoms with Crippen molar-refractivity contribution in [2.24, 2.45) is 22.6 Å². The maximum atomic E-state index is 6.08. The highest BCUT2D eigenvalue weighted by atomic mass is 15.2. The second-order valence-electron chi connectivity index (χ2n) is 7.29. The molecule has 4 heteroatoms. The molecule has 1 heterocycles. The van der Waals surface area contributed by atoms with E-state index < -0.39 is 0 Å². The smallest absolute Gasteiger partial charge is 0.188 e. The van der Waals surface area contributed by atoms with E-state index in [1.54, 1.807) is 11.1 Å². The molecule has 124 valence electrons. The molecule has 0 radical (unpaired) electrons. The summed E-state index contributed by atoms with van der Waals surface area (Å²) in [4.78, 5) is 7.15. The van der Waals surface area contributed by atoms with Crippen LogP contribution < -0.4 is 11.1 Å². The number of nitrogens with one attached hydrogen (secondary N) is 1. The van der Waals surface area contributed by atoms with Gasteiger partial charge in [-0.05, 0) is 61.2 Å². The number of benzene rings is 1. The Balaban J connectivity index is 1.26. The van der Waals surface area contributed by atoms with Gasteiger partial charge < -0.3 is 11.1 Å². The Morgan fingerprint density at radius 1 is 1.39 bits per heavy atom. The van der Waals surface area contributed by atoms with Crippen LogP contribution in [0.2, 0.25) is 0 Å². The molecule has 4 atom stereocenters. The lowest BCUT2D eigenvalue weighted by Crippen LogP contribution is -2.42. The number of aliphatic imine (C=N–C) groups is 1. The Morgan fingerprint density at radius 3 is 3.13 bits per heavy atom. The first-order valence-corrected chi connectivity index (χ1v) is 9.13. The van der Waals surface area contributed by atoms with Crippen molar-refractivity contribution in [3.05, 3.63) is 35.4 Å². The molecule has 0 amide bonds. The van der Waals surface area contributed by atoms with E-state index in [1.807, 2.05) is 0 Å². The van der Waals surface area contributed by atoms with Crippen LogP contribution in [-0.2, 0) is 6.42 Å². The van der Waals surface area contributed by atoms with Crippen molar-refractivity contribution in [2.75, 3.05) is 26.2 Å². The summed E-state index contributed by atoms with van der Waals surface area (Å²) in [5.74, 6) is 2.90. The molecule has 0 aromatic heterocycles. The summed E-state index contributed by atoms with van der Waals surface area (Å²) in [5, 5.41) is 3.34. The first-order valence-electron chi connectivity index (χ1n) is 9.13. The molecule has 1 saturated carbocycles. The fraction of sp³-hybridized carbons (Fsp3) is 0.632. The maximum absolute atomic E-state index is 6.08. The molecule has 4 nitrogen and oxygen atoms in total. The molecule has 2 fully saturated rings. The predicted octanol–water partition coefficient (Wildman–Crippen LogP) is 1.96. The number of likely N-dealkylation sites (tertiary alicyclic amines) is 1. The molecule has 0 spiro atoms. The lowest BCUT2D eigenvalue weighted by Gasteiger charge is -2.23. The SMILES string of the molecule is CCN1CCCC1CNC(N)=NCC1C2Cc3ccccc3C12. The Labute approximate surface area is 139 Å². The van der Waals surface area contributed by atoms with Crippen molar-refractivity contribution < 1.29 is 0 Å². The van der Waals surface area contributed by atoms with E-state index in [2.05, 4.69) is 46.4 Å². The van der Waals surface area contributed by atoms with Gasteiger partial charge in [-0.25, -0.2) is 0 Å². The van der Waals surface area contributed by atoms with E-state index in [1.165, 1.54) is 25.8 Å². The van der Waals surface area contributed by atoms with Crippen molar-refractivity contribution in [1.29, 1.82) is 0 Å². The van der Waals surface area contributed by atoms with Gasteiger partial charge in [0.25, 0.3) is 0 Å². The van der Waals surface area contributed by atoms with E-state index >= 15 is 0 Å². The van der Waals surface area contributed by atoms with Gasteiger partial charge in [0, 0.05) is 19.1 Å². The van der Waals surface area contributed by atoms with Crippen LogP contribution >= 0.6 is 0 Å². The van der Waals surface area contributed by atoms with Gasteiger partial charge in [0.05, 0.1) is 0 Å². The molecule has 0 bridgehead atoms. The number of nitrogens with zero attached hydrogens (tertiary/aromatic N) is 2. The average molecular weight is 312 g/mol. The zero-order valence-electron chi connectivity index (χ0n) is 14.0. The van der Waals surface area contributed by atoms with Crippen molar-refractivity contribution in [3.63, 3.8) is 0 Å². The third kappa shape index (κ3) is 2.85. The van der Waals surface area contributed by atoms with Gasteiger partial charge in [0.2, 0.25) is 0 Å². The molecular weight excluding hydrogens is 284 g/mol. The van der Waals surface area contributed by atoms with Gasteiger partial charge in [0.15, 0.2) is 5.96 Å². The van der Waals surface area contributed by atoms with Crippen LogP contribution in [0.15, 0.2) is 29.3 Å². The molecular formula is C19H28N4. The molecule has 4 unspecified atom stereocenters. The van der Waals surface area contributed by atoms with Crippen molar-refractivity contribution >= 4 is 5.96 Å². The zero-order chi connectivity index (χ0) is 15.8. The number of rotatable bonds is 5. The largest absolute Gasteiger partial charge is 0.370 e. The number of hydrogen-bond donors (Lipinski definition) is 2. The van der Waals surface area contributed by atoms with Crippen LogP contribution in [0, 0.1) is 11.8 Å². The maximum Gasteiger partial charge on any atom is 0.188 e. The summed E-state index contributed by atoms with van der Waals surface area (Å²) >= 11 is 0. The highest BCUT2D eigenvalue weighted by molar-refractivity contribution is 5.77. The van der Waals surface area contributed by atoms with Crippen molar-refractivity contribution in [2.45, 2.75) is 38.1 Å². The number of hydrogen-bond acceptors (Lipinski definition) is 2. The minimum atomic E-state index is 0.626. The highest BCUT2D eigenvalue weighted by Gasteiger charge is 2.54. The monoisotopic (exact) mass is 312 g/mol. The van der Waals surface area contributed by atoms with Crippen LogP contribution in [0.3, 0.4) is 0 Å². The summed E-state index contributed by atoms with van der Waals surface area (Å²) in [7, 11) is 0. The Kier molecular flexibility index (Phi) is 4.02. The van der Waals surface area contributed by atoms with Crippen LogP contribution in [-0.4, -0.2) is 43.1 Å². The molecule has 3 N–H and O–H groups in total. The summed E-state index contributed by atoms with van der Waals surface area (Å²) < 4.78 is 0. The molecule has 1 aromatic rings. The lowest BCUT2D eigenvalue weighted by atomic mass is 10.0. The van der Waals surface area contributed by atoms with Crippen LogP contribution in [0.4, 0.5) is 0 Å². The fourth-order valence-electron chi connectivity index (χ4n) is 4.76. The number of fused-ring (bicyclic) bond motifs is 3. The molecule has 4 rings (SSSR count). The second-order valence-corrected chi connectivity index (χ2v) is 7.29. The van der Waals surface area contributed by atoms with E-state index in [0.29, 0.717) is 17.9 Å². The summed E-state index contributed by atoms with van der Waals surface area (Å²) in [5.41, 5.74) is 9.19. The van der Waals surface area contributed by atoms with Gasteiger partial charge >= 0.3 is 0 Å². The highest BCUT2D eigenvalue weighted by Crippen LogP contribution is 2.61. The summed E-state index contributed by atoms with van der Waals surface area (Å²) in [6, 6.07) is 9.52. The minimum Gasteiger partial charge on any atom is -0.370 e.